The molecule has 1 rings (SSSR count). The molecule has 0 unspecified atom stereocenters. The lowest BCUT2D eigenvalue weighted by molar-refractivity contribution is 0.799. The summed E-state index contributed by atoms with van der Waals surface area (Å²) in [6.45, 7) is 1.45. The summed E-state index contributed by atoms with van der Waals surface area (Å²) in [4.78, 5) is 0. The van der Waals surface area contributed by atoms with Crippen molar-refractivity contribution in [3.05, 3.63) is 0 Å². The first-order chi connectivity index (χ1) is 4.91. The van der Waals surface area contributed by atoms with Gasteiger partial charge in [0, 0.05) is 5.15 Å². The topological polar surface area (TPSA) is 24.4 Å². The van der Waals surface area contributed by atoms with Crippen molar-refractivity contribution in [3.8, 4) is 0 Å². The van der Waals surface area contributed by atoms with E-state index in [0.717, 1.165) is 0 Å². The van der Waals surface area contributed by atoms with E-state index in [2.05, 4.69) is 10.5 Å². The first-order valence-corrected chi connectivity index (χ1v) is 9.11. The average molecular weight is 313 g/mol. The van der Waals surface area contributed by atoms with E-state index in [9.17, 15) is 0 Å². The molecule has 0 atom stereocenters. The van der Waals surface area contributed by atoms with Crippen LogP contribution in [0, 0.1) is 0 Å². The summed E-state index contributed by atoms with van der Waals surface area (Å²) in [6.07, 6.45) is 0. The van der Waals surface area contributed by atoms with E-state index in [4.69, 9.17) is 65.9 Å². The van der Waals surface area contributed by atoms with Gasteiger partial charge < -0.3 is 0 Å². The van der Waals surface area contributed by atoms with E-state index in [1.807, 2.05) is 0 Å². The molecule has 1 aliphatic heterocycles. The van der Waals surface area contributed by atoms with Crippen LogP contribution in [-0.4, -0.2) is 8.83 Å². The van der Waals surface area contributed by atoms with Crippen molar-refractivity contribution in [3.63, 3.8) is 0 Å². The van der Waals surface area contributed by atoms with Crippen molar-refractivity contribution in [2.75, 3.05) is 0 Å². The molecule has 0 aromatic carbocycles. The molecule has 0 aromatic rings. The van der Waals surface area contributed by atoms with Gasteiger partial charge in [-0.15, -0.1) is 0 Å². The van der Waals surface area contributed by atoms with E-state index in [1.165, 1.54) is 6.92 Å². The maximum absolute atomic E-state index is 5.88. The molecule has 0 aliphatic carbocycles. The highest BCUT2D eigenvalue weighted by molar-refractivity contribution is 9.21. The molecule has 0 aromatic heterocycles. The summed E-state index contributed by atoms with van der Waals surface area (Å²) in [5.41, 5.74) is 2.26. The molecule has 0 bridgehead atoms. The maximum Gasteiger partial charge on any atom is 0.271 e. The van der Waals surface area contributed by atoms with Crippen LogP contribution in [0.15, 0.2) is 5.10 Å². The van der Waals surface area contributed by atoms with Crippen LogP contribution in [0.25, 0.3) is 0 Å². The number of hydrogen-bond acceptors (Lipinski definition) is 2. The molecule has 0 radical (unpaired) electrons. The van der Waals surface area contributed by atoms with Crippen molar-refractivity contribution in [2.24, 2.45) is 5.10 Å². The standard InChI is InChI=1S/C3H4Cl6N2S/c1-2-10-11-3(4,5)12(2,6,7,8)9/h11H,1H3. The first-order valence-electron chi connectivity index (χ1n) is 2.60. The zero-order chi connectivity index (χ0) is 9.90. The van der Waals surface area contributed by atoms with Crippen LogP contribution in [0.1, 0.15) is 6.92 Å². The maximum atomic E-state index is 5.88. The number of alkyl halides is 2. The second-order valence-electron chi connectivity index (χ2n) is 2.33. The number of halogens is 6. The smallest absolute Gasteiger partial charge is 0.265 e. The Kier molecular flexibility index (Phi) is 2.14. The quantitative estimate of drug-likeness (QED) is 0.517. The van der Waals surface area contributed by atoms with Gasteiger partial charge in [-0.1, -0.05) is 23.2 Å². The normalized spacial score (nSPS) is 39.4. The van der Waals surface area contributed by atoms with E-state index >= 15 is 0 Å². The summed E-state index contributed by atoms with van der Waals surface area (Å²) in [5, 5.41) is -1.03. The van der Waals surface area contributed by atoms with E-state index in [-0.39, 0.29) is 5.04 Å². The molecule has 1 heterocycles. The van der Waals surface area contributed by atoms with Crippen LogP contribution in [0.4, 0.5) is 0 Å². The van der Waals surface area contributed by atoms with Crippen molar-refractivity contribution < 1.29 is 0 Å². The second kappa shape index (κ2) is 2.21. The van der Waals surface area contributed by atoms with Crippen LogP contribution < -0.4 is 5.43 Å². The first kappa shape index (κ1) is 11.6. The third kappa shape index (κ3) is 1.22. The Hall–Kier alpha value is 1.56. The molecular weight excluding hydrogens is 309 g/mol. The zero-order valence-electron chi connectivity index (χ0n) is 5.62. The Bertz CT molecular complexity index is 274. The van der Waals surface area contributed by atoms with Crippen LogP contribution >= 0.6 is 71.1 Å². The molecular formula is C3H4Cl6N2S. The molecule has 74 valence electrons. The third-order valence-electron chi connectivity index (χ3n) is 1.45. The highest BCUT2D eigenvalue weighted by Gasteiger charge is 2.75. The van der Waals surface area contributed by atoms with Gasteiger partial charge in [-0.25, -0.2) is 0 Å². The molecule has 0 saturated carbocycles. The van der Waals surface area contributed by atoms with Crippen molar-refractivity contribution in [2.45, 2.75) is 10.7 Å². The highest BCUT2D eigenvalue weighted by Crippen LogP contribution is 3.12. The summed E-state index contributed by atoms with van der Waals surface area (Å²) in [7, 11) is 23.5. The Morgan fingerprint density at radius 1 is 1.25 bits per heavy atom. The van der Waals surface area contributed by atoms with E-state index < -0.39 is 8.94 Å². The molecule has 0 fully saturated rings. The minimum absolute atomic E-state index is 0.0756. The van der Waals surface area contributed by atoms with Crippen molar-refractivity contribution >= 4 is 76.1 Å². The Balaban J connectivity index is 3.48. The number of nitrogens with zero attached hydrogens (tertiary/aromatic N) is 1. The van der Waals surface area contributed by atoms with Gasteiger partial charge in [-0.3, -0.25) is 5.43 Å². The van der Waals surface area contributed by atoms with Gasteiger partial charge in [0.1, 0.15) is 5.04 Å². The number of hydrogen-bond donors (Lipinski definition) is 1. The molecule has 1 N–H and O–H groups in total. The van der Waals surface area contributed by atoms with Crippen molar-refractivity contribution in [1.29, 1.82) is 0 Å². The molecule has 2 nitrogen and oxygen atoms in total. The average Bonchev–Trinajstić information content (AvgIpc) is 1.88. The minimum atomic E-state index is -4.72. The van der Waals surface area contributed by atoms with Crippen LogP contribution in [-0.2, 0) is 0 Å². The third-order valence-corrected chi connectivity index (χ3v) is 13.7. The summed E-state index contributed by atoms with van der Waals surface area (Å²) >= 11 is 11.4. The van der Waals surface area contributed by atoms with Gasteiger partial charge >= 0.3 is 0 Å². The summed E-state index contributed by atoms with van der Waals surface area (Å²) in [5.74, 6) is 0. The largest absolute Gasteiger partial charge is 0.271 e. The van der Waals surface area contributed by atoms with Gasteiger partial charge in [0.25, 0.3) is 3.79 Å². The molecule has 0 amide bonds. The number of nitrogens with one attached hydrogen (secondary N) is 1. The van der Waals surface area contributed by atoms with Crippen LogP contribution in [0.3, 0.4) is 0 Å². The monoisotopic (exact) mass is 310 g/mol. The van der Waals surface area contributed by atoms with Gasteiger partial charge in [0.15, 0.2) is 0 Å². The molecule has 0 saturated heterocycles. The van der Waals surface area contributed by atoms with E-state index in [1.54, 1.807) is 0 Å². The summed E-state index contributed by atoms with van der Waals surface area (Å²) in [6, 6.07) is 0. The highest BCUT2D eigenvalue weighted by atomic mass is 36.4. The predicted molar refractivity (Wildman–Crippen MR) is 61.7 cm³/mol. The molecule has 1 aliphatic rings. The fraction of sp³-hybridized carbons (Fsp3) is 0.667. The predicted octanol–water partition coefficient (Wildman–Crippen LogP) is 4.50. The lowest BCUT2D eigenvalue weighted by atomic mass is 10.9. The molecule has 12 heavy (non-hydrogen) atoms. The fourth-order valence-corrected chi connectivity index (χ4v) is 2.93. The molecule has 0 spiro atoms. The van der Waals surface area contributed by atoms with Crippen LogP contribution in [0.5, 0.6) is 0 Å². The van der Waals surface area contributed by atoms with Gasteiger partial charge in [-0.2, -0.15) is 5.10 Å². The summed E-state index contributed by atoms with van der Waals surface area (Å²) < 4.78 is -1.89. The molecule has 9 heteroatoms. The lowest BCUT2D eigenvalue weighted by Gasteiger charge is -2.58. The van der Waals surface area contributed by atoms with Gasteiger partial charge in [-0.05, 0) is 49.7 Å². The Morgan fingerprint density at radius 2 is 1.67 bits per heavy atom. The minimum Gasteiger partial charge on any atom is -0.265 e. The Labute approximate surface area is 96.7 Å². The van der Waals surface area contributed by atoms with Gasteiger partial charge in [0.05, 0.1) is 0 Å². The van der Waals surface area contributed by atoms with Crippen LogP contribution in [0.2, 0.25) is 0 Å². The SMILES string of the molecule is CC1=NNC(Cl)(Cl)S1(Cl)(Cl)(Cl)Cl. The van der Waals surface area contributed by atoms with E-state index in [0.29, 0.717) is 0 Å². The van der Waals surface area contributed by atoms with Crippen molar-refractivity contribution in [1.82, 2.24) is 5.43 Å². The van der Waals surface area contributed by atoms with Gasteiger partial charge in [0.2, 0.25) is 0 Å². The Morgan fingerprint density at radius 3 is 1.75 bits per heavy atom. The fourth-order valence-electron chi connectivity index (χ4n) is 0.513. The zero-order valence-corrected chi connectivity index (χ0v) is 11.0. The lowest BCUT2D eigenvalue weighted by Crippen LogP contribution is -2.37. The number of rotatable bonds is 0. The second-order valence-corrected chi connectivity index (χ2v) is 19.5. The number of hydrazone groups is 1.